The number of benzene rings is 2. The number of rotatable bonds is 7. The van der Waals surface area contributed by atoms with Gasteiger partial charge in [0, 0.05) is 0 Å². The molecule has 0 aliphatic heterocycles. The van der Waals surface area contributed by atoms with Crippen LogP contribution in [0.25, 0.3) is 0 Å². The quantitative estimate of drug-likeness (QED) is 0.838. The van der Waals surface area contributed by atoms with Crippen LogP contribution in [0.3, 0.4) is 0 Å². The number of carbonyl (C=O) groups is 1. The first-order valence-corrected chi connectivity index (χ1v) is 7.90. The highest BCUT2D eigenvalue weighted by molar-refractivity contribution is 5.81. The summed E-state index contributed by atoms with van der Waals surface area (Å²) in [5, 5.41) is 2.94. The number of hydrogen-bond donors (Lipinski definition) is 1. The van der Waals surface area contributed by atoms with Crippen molar-refractivity contribution in [3.05, 3.63) is 59.9 Å². The average Bonchev–Trinajstić information content (AvgIpc) is 2.61. The SMILES string of the molecule is CCC(Oc1ccc(F)cc1)C(=O)NC(C)c1ccc(OC)cc1. The Hall–Kier alpha value is -2.56. The predicted octanol–water partition coefficient (Wildman–Crippen LogP) is 3.87. The molecule has 2 unspecified atom stereocenters. The van der Waals surface area contributed by atoms with Crippen molar-refractivity contribution < 1.29 is 18.7 Å². The molecule has 1 amide bonds. The van der Waals surface area contributed by atoms with E-state index in [0.717, 1.165) is 11.3 Å². The summed E-state index contributed by atoms with van der Waals surface area (Å²) in [5.41, 5.74) is 0.973. The highest BCUT2D eigenvalue weighted by Gasteiger charge is 2.20. The van der Waals surface area contributed by atoms with Crippen LogP contribution in [-0.4, -0.2) is 19.1 Å². The summed E-state index contributed by atoms with van der Waals surface area (Å²) < 4.78 is 23.7. The van der Waals surface area contributed by atoms with Crippen molar-refractivity contribution >= 4 is 5.91 Å². The van der Waals surface area contributed by atoms with E-state index in [9.17, 15) is 9.18 Å². The molecule has 2 atom stereocenters. The molecule has 2 aromatic rings. The van der Waals surface area contributed by atoms with Gasteiger partial charge in [-0.15, -0.1) is 0 Å². The van der Waals surface area contributed by atoms with Crippen molar-refractivity contribution in [2.24, 2.45) is 0 Å². The number of amides is 1. The molecule has 128 valence electrons. The second kappa shape index (κ2) is 8.34. The van der Waals surface area contributed by atoms with Gasteiger partial charge in [-0.2, -0.15) is 0 Å². The summed E-state index contributed by atoms with van der Waals surface area (Å²) >= 11 is 0. The summed E-state index contributed by atoms with van der Waals surface area (Å²) in [5.74, 6) is 0.692. The van der Waals surface area contributed by atoms with Crippen LogP contribution in [-0.2, 0) is 4.79 Å². The van der Waals surface area contributed by atoms with Gasteiger partial charge in [-0.25, -0.2) is 4.39 Å². The van der Waals surface area contributed by atoms with Crippen LogP contribution in [0.2, 0.25) is 0 Å². The lowest BCUT2D eigenvalue weighted by molar-refractivity contribution is -0.128. The fourth-order valence-electron chi connectivity index (χ4n) is 2.28. The van der Waals surface area contributed by atoms with Gasteiger partial charge in [0.1, 0.15) is 17.3 Å². The Balaban J connectivity index is 1.98. The molecule has 0 heterocycles. The maximum Gasteiger partial charge on any atom is 0.261 e. The number of halogens is 1. The number of carbonyl (C=O) groups excluding carboxylic acids is 1. The first-order valence-electron chi connectivity index (χ1n) is 7.90. The third-order valence-corrected chi connectivity index (χ3v) is 3.73. The summed E-state index contributed by atoms with van der Waals surface area (Å²) in [6, 6.07) is 13.0. The number of ether oxygens (including phenoxy) is 2. The van der Waals surface area contributed by atoms with Crippen LogP contribution >= 0.6 is 0 Å². The molecule has 0 spiro atoms. The van der Waals surface area contributed by atoms with Crippen LogP contribution < -0.4 is 14.8 Å². The summed E-state index contributed by atoms with van der Waals surface area (Å²) in [6.07, 6.45) is -0.116. The highest BCUT2D eigenvalue weighted by Crippen LogP contribution is 2.19. The van der Waals surface area contributed by atoms with Gasteiger partial charge in [0.05, 0.1) is 13.2 Å². The van der Waals surface area contributed by atoms with Gasteiger partial charge in [0.2, 0.25) is 0 Å². The molecule has 0 aliphatic rings. The molecule has 0 bridgehead atoms. The lowest BCUT2D eigenvalue weighted by atomic mass is 10.1. The number of methoxy groups -OCH3 is 1. The van der Waals surface area contributed by atoms with E-state index in [0.29, 0.717) is 12.2 Å². The first kappa shape index (κ1) is 17.8. The van der Waals surface area contributed by atoms with E-state index in [2.05, 4.69) is 5.32 Å². The van der Waals surface area contributed by atoms with Gasteiger partial charge in [-0.3, -0.25) is 4.79 Å². The van der Waals surface area contributed by atoms with Crippen molar-refractivity contribution in [1.82, 2.24) is 5.32 Å². The van der Waals surface area contributed by atoms with Gasteiger partial charge in [-0.1, -0.05) is 19.1 Å². The smallest absolute Gasteiger partial charge is 0.261 e. The zero-order chi connectivity index (χ0) is 17.5. The lowest BCUT2D eigenvalue weighted by Gasteiger charge is -2.21. The van der Waals surface area contributed by atoms with E-state index in [1.54, 1.807) is 7.11 Å². The molecule has 4 nitrogen and oxygen atoms in total. The molecular formula is C19H22FNO3. The molecule has 2 aromatic carbocycles. The van der Waals surface area contributed by atoms with E-state index in [-0.39, 0.29) is 17.8 Å². The highest BCUT2D eigenvalue weighted by atomic mass is 19.1. The monoisotopic (exact) mass is 331 g/mol. The van der Waals surface area contributed by atoms with Crippen molar-refractivity contribution in [2.75, 3.05) is 7.11 Å². The Morgan fingerprint density at radius 2 is 1.67 bits per heavy atom. The zero-order valence-corrected chi connectivity index (χ0v) is 14.1. The fraction of sp³-hybridized carbons (Fsp3) is 0.316. The summed E-state index contributed by atoms with van der Waals surface area (Å²) in [6.45, 7) is 3.77. The van der Waals surface area contributed by atoms with Gasteiger partial charge in [0.15, 0.2) is 6.10 Å². The van der Waals surface area contributed by atoms with Crippen LogP contribution in [0.5, 0.6) is 11.5 Å². The maximum absolute atomic E-state index is 12.9. The molecule has 5 heteroatoms. The largest absolute Gasteiger partial charge is 0.497 e. The predicted molar refractivity (Wildman–Crippen MR) is 90.7 cm³/mol. The van der Waals surface area contributed by atoms with E-state index < -0.39 is 6.10 Å². The van der Waals surface area contributed by atoms with Crippen molar-refractivity contribution in [3.63, 3.8) is 0 Å². The van der Waals surface area contributed by atoms with Crippen LogP contribution in [0.15, 0.2) is 48.5 Å². The molecular weight excluding hydrogens is 309 g/mol. The second-order valence-corrected chi connectivity index (χ2v) is 5.47. The molecule has 0 saturated heterocycles. The minimum atomic E-state index is -0.629. The Kier molecular flexibility index (Phi) is 6.18. The van der Waals surface area contributed by atoms with Crippen molar-refractivity contribution in [2.45, 2.75) is 32.4 Å². The molecule has 24 heavy (non-hydrogen) atoms. The van der Waals surface area contributed by atoms with E-state index in [1.165, 1.54) is 24.3 Å². The number of nitrogens with one attached hydrogen (secondary N) is 1. The Bertz CT molecular complexity index is 655. The summed E-state index contributed by atoms with van der Waals surface area (Å²) in [7, 11) is 1.61. The van der Waals surface area contributed by atoms with E-state index >= 15 is 0 Å². The molecule has 0 fully saturated rings. The summed E-state index contributed by atoms with van der Waals surface area (Å²) in [4.78, 5) is 12.4. The third-order valence-electron chi connectivity index (χ3n) is 3.73. The van der Waals surface area contributed by atoms with Crippen molar-refractivity contribution in [1.29, 1.82) is 0 Å². The lowest BCUT2D eigenvalue weighted by Crippen LogP contribution is -2.39. The Morgan fingerprint density at radius 3 is 2.21 bits per heavy atom. The van der Waals surface area contributed by atoms with Crippen LogP contribution in [0, 0.1) is 5.82 Å². The normalized spacial score (nSPS) is 13.0. The molecule has 0 aromatic heterocycles. The molecule has 2 rings (SSSR count). The topological polar surface area (TPSA) is 47.6 Å². The maximum atomic E-state index is 12.9. The fourth-order valence-corrected chi connectivity index (χ4v) is 2.28. The second-order valence-electron chi connectivity index (χ2n) is 5.47. The van der Waals surface area contributed by atoms with E-state index in [1.807, 2.05) is 38.1 Å². The van der Waals surface area contributed by atoms with Crippen molar-refractivity contribution in [3.8, 4) is 11.5 Å². The van der Waals surface area contributed by atoms with Gasteiger partial charge >= 0.3 is 0 Å². The first-order chi connectivity index (χ1) is 11.5. The minimum absolute atomic E-state index is 0.158. The minimum Gasteiger partial charge on any atom is -0.497 e. The Labute approximate surface area is 141 Å². The van der Waals surface area contributed by atoms with Crippen LogP contribution in [0.4, 0.5) is 4.39 Å². The third kappa shape index (κ3) is 4.72. The Morgan fingerprint density at radius 1 is 1.08 bits per heavy atom. The molecule has 0 saturated carbocycles. The molecule has 0 radical (unpaired) electrons. The van der Waals surface area contributed by atoms with Crippen LogP contribution in [0.1, 0.15) is 31.9 Å². The van der Waals surface area contributed by atoms with E-state index in [4.69, 9.17) is 9.47 Å². The standard InChI is InChI=1S/C19H22FNO3/c1-4-18(24-17-11-7-15(20)8-12-17)19(22)21-13(2)14-5-9-16(23-3)10-6-14/h5-13,18H,4H2,1-3H3,(H,21,22). The van der Waals surface area contributed by atoms with Gasteiger partial charge < -0.3 is 14.8 Å². The van der Waals surface area contributed by atoms with Gasteiger partial charge in [-0.05, 0) is 55.3 Å². The van der Waals surface area contributed by atoms with Gasteiger partial charge in [0.25, 0.3) is 5.91 Å². The zero-order valence-electron chi connectivity index (χ0n) is 14.1. The average molecular weight is 331 g/mol. The molecule has 1 N–H and O–H groups in total. The molecule has 0 aliphatic carbocycles. The number of hydrogen-bond acceptors (Lipinski definition) is 3.